The molecular formula is C32H36N4O9S. The second kappa shape index (κ2) is 11.1. The Morgan fingerprint density at radius 3 is 2.52 bits per heavy atom. The number of ether oxygens (including phenoxy) is 2. The van der Waals surface area contributed by atoms with E-state index in [4.69, 9.17) is 13.9 Å². The standard InChI is InChI=1S/C32H36N4O9S/c1-15(2)23-29-35-24(30(40)43-5)26(45-29)32-18-9-7-8-10-21(18)36(46(6,41)42)31(32)44-22-12-11-17(13-19(22)32)14-20(27(38)34-23)33-28(39)25(37)16(3)4/h7-13,15-16,20,23,25,31,37H,14H2,1-6H3,(H,33,39)(H,34,38)/t20-,23-,25-,31?,32?/m0/s1. The number of esters is 1. The van der Waals surface area contributed by atoms with Gasteiger partial charge < -0.3 is 29.6 Å². The smallest absolute Gasteiger partial charge is 0.360 e. The first kappa shape index (κ1) is 31.5. The molecule has 3 aliphatic rings. The summed E-state index contributed by atoms with van der Waals surface area (Å²) in [5, 5.41) is 16.1. The fourth-order valence-electron chi connectivity index (χ4n) is 6.54. The Hall–Kier alpha value is -4.43. The maximum absolute atomic E-state index is 13.8. The van der Waals surface area contributed by atoms with Gasteiger partial charge in [-0.15, -0.1) is 0 Å². The number of aromatic nitrogens is 1. The SMILES string of the molecule is COC(=O)c1nc2oc1C13c4cc(ccc4OC1N(S(C)(=O)=O)c1ccccc13)C[C@H](NC(=O)[C@@H](O)C(C)C)C(=O)N[C@H]2C(C)C. The van der Waals surface area contributed by atoms with Crippen molar-refractivity contribution in [3.8, 4) is 5.75 Å². The number of para-hydroxylation sites is 1. The molecule has 2 aromatic carbocycles. The molecule has 0 saturated heterocycles. The van der Waals surface area contributed by atoms with E-state index in [-0.39, 0.29) is 29.7 Å². The van der Waals surface area contributed by atoms with Crippen LogP contribution in [0.1, 0.15) is 72.6 Å². The molecule has 0 radical (unpaired) electrons. The van der Waals surface area contributed by atoms with E-state index in [1.807, 2.05) is 13.8 Å². The van der Waals surface area contributed by atoms with Crippen molar-refractivity contribution < 1.29 is 41.8 Å². The fraction of sp³-hybridized carbons (Fsp3) is 0.438. The fourth-order valence-corrected chi connectivity index (χ4v) is 7.60. The van der Waals surface area contributed by atoms with Gasteiger partial charge in [-0.25, -0.2) is 22.5 Å². The molecule has 244 valence electrons. The van der Waals surface area contributed by atoms with Gasteiger partial charge in [0.15, 0.2) is 11.5 Å². The van der Waals surface area contributed by atoms with Crippen LogP contribution in [0.4, 0.5) is 5.69 Å². The number of fused-ring (bicyclic) bond motifs is 4. The maximum Gasteiger partial charge on any atom is 0.360 e. The molecule has 5 atom stereocenters. The largest absolute Gasteiger partial charge is 0.467 e. The molecule has 2 amide bonds. The number of amides is 2. The summed E-state index contributed by atoms with van der Waals surface area (Å²) in [7, 11) is -2.75. The number of rotatable bonds is 6. The molecule has 14 heteroatoms. The zero-order valence-corrected chi connectivity index (χ0v) is 27.0. The zero-order valence-electron chi connectivity index (χ0n) is 26.2. The number of benzene rings is 2. The van der Waals surface area contributed by atoms with Crippen molar-refractivity contribution >= 4 is 33.5 Å². The van der Waals surface area contributed by atoms with Crippen LogP contribution in [0.25, 0.3) is 0 Å². The molecule has 0 aliphatic carbocycles. The minimum absolute atomic E-state index is 0.0132. The quantitative estimate of drug-likeness (QED) is 0.335. The molecule has 3 aromatic rings. The van der Waals surface area contributed by atoms with E-state index in [2.05, 4.69) is 15.6 Å². The molecule has 1 spiro atoms. The summed E-state index contributed by atoms with van der Waals surface area (Å²) in [5.74, 6) is -2.46. The lowest BCUT2D eigenvalue weighted by Crippen LogP contribution is -2.52. The van der Waals surface area contributed by atoms with Crippen LogP contribution in [0, 0.1) is 11.8 Å². The normalized spacial score (nSPS) is 23.9. The number of aliphatic hydroxyl groups is 1. The van der Waals surface area contributed by atoms with Gasteiger partial charge in [-0.3, -0.25) is 9.59 Å². The van der Waals surface area contributed by atoms with Gasteiger partial charge in [0, 0.05) is 17.5 Å². The maximum atomic E-state index is 13.8. The van der Waals surface area contributed by atoms with Gasteiger partial charge in [0.25, 0.3) is 0 Å². The van der Waals surface area contributed by atoms with Gasteiger partial charge in [-0.05, 0) is 29.5 Å². The van der Waals surface area contributed by atoms with Gasteiger partial charge in [0.05, 0.1) is 19.1 Å². The van der Waals surface area contributed by atoms with Gasteiger partial charge in [0.2, 0.25) is 34.0 Å². The molecule has 3 N–H and O–H groups in total. The third-order valence-electron chi connectivity index (χ3n) is 8.80. The Kier molecular flexibility index (Phi) is 7.63. The lowest BCUT2D eigenvalue weighted by Gasteiger charge is -2.31. The van der Waals surface area contributed by atoms with Crippen molar-refractivity contribution in [2.75, 3.05) is 17.7 Å². The highest BCUT2D eigenvalue weighted by molar-refractivity contribution is 7.92. The second-order valence-corrected chi connectivity index (χ2v) is 14.4. The minimum atomic E-state index is -3.95. The Morgan fingerprint density at radius 1 is 1.15 bits per heavy atom. The lowest BCUT2D eigenvalue weighted by atomic mass is 9.72. The van der Waals surface area contributed by atoms with Crippen LogP contribution in [0.15, 0.2) is 46.9 Å². The summed E-state index contributed by atoms with van der Waals surface area (Å²) in [6.07, 6.45) is -1.48. The van der Waals surface area contributed by atoms with E-state index in [1.165, 1.54) is 11.4 Å². The number of sulfonamides is 1. The molecule has 6 rings (SSSR count). The highest BCUT2D eigenvalue weighted by Gasteiger charge is 2.65. The van der Waals surface area contributed by atoms with Crippen molar-refractivity contribution in [2.24, 2.45) is 11.8 Å². The Balaban J connectivity index is 1.66. The third kappa shape index (κ3) is 4.73. The average molecular weight is 653 g/mol. The summed E-state index contributed by atoms with van der Waals surface area (Å²) < 4.78 is 46.1. The summed E-state index contributed by atoms with van der Waals surface area (Å²) in [6, 6.07) is 10.0. The van der Waals surface area contributed by atoms with Crippen LogP contribution >= 0.6 is 0 Å². The Morgan fingerprint density at radius 2 is 1.87 bits per heavy atom. The number of hydrogen-bond donors (Lipinski definition) is 3. The van der Waals surface area contributed by atoms with Crippen molar-refractivity contribution in [3.63, 3.8) is 0 Å². The minimum Gasteiger partial charge on any atom is -0.467 e. The van der Waals surface area contributed by atoms with E-state index in [1.54, 1.807) is 56.3 Å². The molecule has 2 unspecified atom stereocenters. The number of aliphatic hydroxyl groups excluding tert-OH is 1. The van der Waals surface area contributed by atoms with Gasteiger partial charge in [-0.1, -0.05) is 58.0 Å². The van der Waals surface area contributed by atoms with E-state index >= 15 is 0 Å². The first-order valence-corrected chi connectivity index (χ1v) is 16.8. The molecular weight excluding hydrogens is 616 g/mol. The molecule has 1 aromatic heterocycles. The first-order valence-electron chi connectivity index (χ1n) is 15.0. The summed E-state index contributed by atoms with van der Waals surface area (Å²) in [5.41, 5.74) is 0.208. The predicted octanol–water partition coefficient (Wildman–Crippen LogP) is 2.16. The monoisotopic (exact) mass is 652 g/mol. The summed E-state index contributed by atoms with van der Waals surface area (Å²) >= 11 is 0. The predicted molar refractivity (Wildman–Crippen MR) is 165 cm³/mol. The molecule has 13 nitrogen and oxygen atoms in total. The molecule has 3 aliphatic heterocycles. The highest BCUT2D eigenvalue weighted by atomic mass is 32.2. The molecule has 0 saturated carbocycles. The lowest BCUT2D eigenvalue weighted by molar-refractivity contribution is -0.135. The summed E-state index contributed by atoms with van der Waals surface area (Å²) in [6.45, 7) is 7.03. The number of methoxy groups -OCH3 is 1. The molecule has 4 heterocycles. The first-order chi connectivity index (χ1) is 21.7. The van der Waals surface area contributed by atoms with Crippen LogP contribution in [0.3, 0.4) is 0 Å². The van der Waals surface area contributed by atoms with E-state index in [0.717, 1.165) is 6.26 Å². The number of anilines is 1. The molecule has 4 bridgehead atoms. The number of carbonyl (C=O) groups excluding carboxylic acids is 3. The van der Waals surface area contributed by atoms with E-state index in [9.17, 15) is 27.9 Å². The Bertz CT molecular complexity index is 1850. The molecule has 0 fully saturated rings. The van der Waals surface area contributed by atoms with Crippen molar-refractivity contribution in [2.45, 2.75) is 63.9 Å². The van der Waals surface area contributed by atoms with Gasteiger partial charge in [0.1, 0.15) is 29.4 Å². The summed E-state index contributed by atoms with van der Waals surface area (Å²) in [4.78, 5) is 44.8. The molecule has 46 heavy (non-hydrogen) atoms. The van der Waals surface area contributed by atoms with Crippen molar-refractivity contribution in [1.29, 1.82) is 0 Å². The average Bonchev–Trinajstić information content (AvgIpc) is 3.65. The van der Waals surface area contributed by atoms with Gasteiger partial charge >= 0.3 is 5.97 Å². The van der Waals surface area contributed by atoms with Crippen LogP contribution in [-0.4, -0.2) is 68.0 Å². The Labute approximate surface area is 266 Å². The van der Waals surface area contributed by atoms with Crippen molar-refractivity contribution in [3.05, 3.63) is 76.5 Å². The third-order valence-corrected chi connectivity index (χ3v) is 9.90. The van der Waals surface area contributed by atoms with E-state index < -0.39 is 63.6 Å². The highest BCUT2D eigenvalue weighted by Crippen LogP contribution is 2.61. The van der Waals surface area contributed by atoms with Crippen LogP contribution in [0.5, 0.6) is 5.75 Å². The number of oxazole rings is 1. The number of nitrogens with zero attached hydrogens (tertiary/aromatic N) is 2. The number of carbonyl (C=O) groups is 3. The zero-order chi connectivity index (χ0) is 33.3. The van der Waals surface area contributed by atoms with Crippen LogP contribution in [-0.2, 0) is 36.2 Å². The second-order valence-electron chi connectivity index (χ2n) is 12.6. The van der Waals surface area contributed by atoms with Crippen LogP contribution in [0.2, 0.25) is 0 Å². The number of nitrogens with one attached hydrogen (secondary N) is 2. The topological polar surface area (TPSA) is 177 Å². The van der Waals surface area contributed by atoms with Gasteiger partial charge in [-0.2, -0.15) is 0 Å². The van der Waals surface area contributed by atoms with Crippen LogP contribution < -0.4 is 19.7 Å². The number of hydrogen-bond acceptors (Lipinski definition) is 10. The van der Waals surface area contributed by atoms with E-state index in [0.29, 0.717) is 28.1 Å². The van der Waals surface area contributed by atoms with Crippen molar-refractivity contribution in [1.82, 2.24) is 15.6 Å².